The molecule has 2 amide bonds. The first-order valence-corrected chi connectivity index (χ1v) is 6.29. The van der Waals surface area contributed by atoms with Crippen molar-refractivity contribution in [2.45, 2.75) is 18.7 Å². The van der Waals surface area contributed by atoms with Gasteiger partial charge in [0.1, 0.15) is 0 Å². The summed E-state index contributed by atoms with van der Waals surface area (Å²) in [5.74, 6) is -0.227. The molecule has 0 fully saturated rings. The van der Waals surface area contributed by atoms with Gasteiger partial charge in [-0.05, 0) is 38.1 Å². The fourth-order valence-corrected chi connectivity index (χ4v) is 1.32. The lowest BCUT2D eigenvalue weighted by Crippen LogP contribution is -2.23. The minimum Gasteiger partial charge on any atom is -0.352 e. The van der Waals surface area contributed by atoms with Crippen molar-refractivity contribution >= 4 is 33.4 Å². The van der Waals surface area contributed by atoms with Crippen molar-refractivity contribution < 1.29 is 9.59 Å². The van der Waals surface area contributed by atoms with Crippen LogP contribution in [0.1, 0.15) is 24.2 Å². The van der Waals surface area contributed by atoms with Crippen molar-refractivity contribution in [2.75, 3.05) is 11.9 Å². The number of benzene rings is 1. The molecule has 0 bridgehead atoms. The molecule has 1 aromatic rings. The van der Waals surface area contributed by atoms with Crippen LogP contribution in [0.4, 0.5) is 5.69 Å². The highest BCUT2D eigenvalue weighted by molar-refractivity contribution is 9.10. The van der Waals surface area contributed by atoms with Crippen molar-refractivity contribution in [1.29, 1.82) is 0 Å². The molecule has 92 valence electrons. The maximum Gasteiger partial charge on any atom is 0.251 e. The molecule has 17 heavy (non-hydrogen) atoms. The zero-order chi connectivity index (χ0) is 12.8. The second-order valence-corrected chi connectivity index (χ2v) is 4.92. The van der Waals surface area contributed by atoms with Gasteiger partial charge >= 0.3 is 0 Å². The number of carbonyl (C=O) groups is 2. The zero-order valence-corrected chi connectivity index (χ0v) is 11.4. The number of hydrogen-bond acceptors (Lipinski definition) is 2. The second kappa shape index (κ2) is 6.39. The Morgan fingerprint density at radius 1 is 1.29 bits per heavy atom. The lowest BCUT2D eigenvalue weighted by atomic mass is 10.2. The molecular weight excluding hydrogens is 284 g/mol. The molecular formula is C12H15BrN2O2. The number of anilines is 1. The first-order valence-electron chi connectivity index (χ1n) is 5.37. The Kier molecular flexibility index (Phi) is 5.15. The molecule has 1 atom stereocenters. The van der Waals surface area contributed by atoms with Crippen LogP contribution in [0.2, 0.25) is 0 Å². The van der Waals surface area contributed by atoms with E-state index in [1.165, 1.54) is 0 Å². The van der Waals surface area contributed by atoms with E-state index < -0.39 is 0 Å². The van der Waals surface area contributed by atoms with Crippen LogP contribution < -0.4 is 10.6 Å². The van der Waals surface area contributed by atoms with Gasteiger partial charge in [-0.25, -0.2) is 0 Å². The normalized spacial score (nSPS) is 11.7. The van der Waals surface area contributed by atoms with Gasteiger partial charge in [0, 0.05) is 17.8 Å². The summed E-state index contributed by atoms with van der Waals surface area (Å²) in [6.07, 6.45) is 0. The summed E-state index contributed by atoms with van der Waals surface area (Å²) in [5, 5.41) is 5.43. The van der Waals surface area contributed by atoms with Gasteiger partial charge in [0.2, 0.25) is 5.91 Å². The van der Waals surface area contributed by atoms with Gasteiger partial charge in [-0.2, -0.15) is 0 Å². The zero-order valence-electron chi connectivity index (χ0n) is 9.79. The van der Waals surface area contributed by atoms with Crippen molar-refractivity contribution in [2.24, 2.45) is 0 Å². The summed E-state index contributed by atoms with van der Waals surface area (Å²) >= 11 is 3.18. The van der Waals surface area contributed by atoms with Gasteiger partial charge in [0.25, 0.3) is 5.91 Å². The molecule has 0 saturated carbocycles. The van der Waals surface area contributed by atoms with E-state index in [4.69, 9.17) is 0 Å². The van der Waals surface area contributed by atoms with Crippen molar-refractivity contribution in [3.8, 4) is 0 Å². The SMILES string of the molecule is CCNC(=O)c1ccc(NC(=O)C(C)Br)cc1. The first kappa shape index (κ1) is 13.7. The monoisotopic (exact) mass is 298 g/mol. The molecule has 0 radical (unpaired) electrons. The van der Waals surface area contributed by atoms with E-state index in [-0.39, 0.29) is 16.6 Å². The van der Waals surface area contributed by atoms with Crippen LogP contribution in [0.3, 0.4) is 0 Å². The third-order valence-corrected chi connectivity index (χ3v) is 2.53. The predicted octanol–water partition coefficient (Wildman–Crippen LogP) is 2.16. The fraction of sp³-hybridized carbons (Fsp3) is 0.333. The summed E-state index contributed by atoms with van der Waals surface area (Å²) in [6, 6.07) is 6.77. The Balaban J connectivity index is 2.68. The van der Waals surface area contributed by atoms with E-state index in [0.29, 0.717) is 17.8 Å². The minimum atomic E-state index is -0.245. The van der Waals surface area contributed by atoms with Gasteiger partial charge in [-0.1, -0.05) is 15.9 Å². The van der Waals surface area contributed by atoms with E-state index in [9.17, 15) is 9.59 Å². The average molecular weight is 299 g/mol. The van der Waals surface area contributed by atoms with Crippen LogP contribution in [-0.4, -0.2) is 23.2 Å². The third kappa shape index (κ3) is 4.19. The quantitative estimate of drug-likeness (QED) is 0.837. The Hall–Kier alpha value is -1.36. The summed E-state index contributed by atoms with van der Waals surface area (Å²) < 4.78 is 0. The summed E-state index contributed by atoms with van der Waals surface area (Å²) in [7, 11) is 0. The lowest BCUT2D eigenvalue weighted by Gasteiger charge is -2.07. The number of amides is 2. The highest BCUT2D eigenvalue weighted by atomic mass is 79.9. The largest absolute Gasteiger partial charge is 0.352 e. The van der Waals surface area contributed by atoms with E-state index in [1.54, 1.807) is 31.2 Å². The van der Waals surface area contributed by atoms with Crippen LogP contribution in [-0.2, 0) is 4.79 Å². The number of rotatable bonds is 4. The number of nitrogens with one attached hydrogen (secondary N) is 2. The maximum atomic E-state index is 11.5. The van der Waals surface area contributed by atoms with Crippen LogP contribution in [0.25, 0.3) is 0 Å². The Labute approximate surface area is 109 Å². The molecule has 0 aliphatic rings. The number of alkyl halides is 1. The molecule has 0 saturated heterocycles. The van der Waals surface area contributed by atoms with E-state index in [1.807, 2.05) is 6.92 Å². The van der Waals surface area contributed by atoms with Gasteiger partial charge in [-0.3, -0.25) is 9.59 Å². The molecule has 0 heterocycles. The van der Waals surface area contributed by atoms with Crippen LogP contribution in [0.5, 0.6) is 0 Å². The molecule has 2 N–H and O–H groups in total. The first-order chi connectivity index (χ1) is 8.04. The Morgan fingerprint density at radius 2 is 1.88 bits per heavy atom. The molecule has 0 spiro atoms. The maximum absolute atomic E-state index is 11.5. The molecule has 1 aromatic carbocycles. The molecule has 1 rings (SSSR count). The highest BCUT2D eigenvalue weighted by Crippen LogP contribution is 2.11. The van der Waals surface area contributed by atoms with E-state index >= 15 is 0 Å². The fourth-order valence-electron chi connectivity index (χ4n) is 1.21. The van der Waals surface area contributed by atoms with Gasteiger partial charge in [-0.15, -0.1) is 0 Å². The topological polar surface area (TPSA) is 58.2 Å². The summed E-state index contributed by atoms with van der Waals surface area (Å²) in [4.78, 5) is 22.6. The van der Waals surface area contributed by atoms with E-state index in [0.717, 1.165) is 0 Å². The van der Waals surface area contributed by atoms with Gasteiger partial charge < -0.3 is 10.6 Å². The third-order valence-electron chi connectivity index (χ3n) is 2.11. The average Bonchev–Trinajstić information content (AvgIpc) is 2.30. The van der Waals surface area contributed by atoms with Gasteiger partial charge in [0.15, 0.2) is 0 Å². The lowest BCUT2D eigenvalue weighted by molar-refractivity contribution is -0.115. The standard InChI is InChI=1S/C12H15BrN2O2/c1-3-14-12(17)9-4-6-10(7-5-9)15-11(16)8(2)13/h4-8H,3H2,1-2H3,(H,14,17)(H,15,16). The smallest absolute Gasteiger partial charge is 0.251 e. The summed E-state index contributed by atoms with van der Waals surface area (Å²) in [5.41, 5.74) is 1.26. The van der Waals surface area contributed by atoms with Crippen molar-refractivity contribution in [3.63, 3.8) is 0 Å². The highest BCUT2D eigenvalue weighted by Gasteiger charge is 2.09. The van der Waals surface area contributed by atoms with Crippen LogP contribution in [0.15, 0.2) is 24.3 Å². The van der Waals surface area contributed by atoms with E-state index in [2.05, 4.69) is 26.6 Å². The molecule has 5 heteroatoms. The molecule has 0 aliphatic carbocycles. The molecule has 1 unspecified atom stereocenters. The molecule has 0 aliphatic heterocycles. The second-order valence-electron chi connectivity index (χ2n) is 3.54. The predicted molar refractivity (Wildman–Crippen MR) is 71.5 cm³/mol. The van der Waals surface area contributed by atoms with Crippen LogP contribution >= 0.6 is 15.9 Å². The number of carbonyl (C=O) groups excluding carboxylic acids is 2. The van der Waals surface area contributed by atoms with Gasteiger partial charge in [0.05, 0.1) is 4.83 Å². The Morgan fingerprint density at radius 3 is 2.35 bits per heavy atom. The minimum absolute atomic E-state index is 0.112. The van der Waals surface area contributed by atoms with Crippen molar-refractivity contribution in [3.05, 3.63) is 29.8 Å². The number of hydrogen-bond donors (Lipinski definition) is 2. The van der Waals surface area contributed by atoms with Crippen molar-refractivity contribution in [1.82, 2.24) is 5.32 Å². The number of halogens is 1. The Bertz CT molecular complexity index is 401. The molecule has 4 nitrogen and oxygen atoms in total. The molecule has 0 aromatic heterocycles. The van der Waals surface area contributed by atoms with Crippen LogP contribution in [0, 0.1) is 0 Å². The summed E-state index contributed by atoms with van der Waals surface area (Å²) in [6.45, 7) is 4.21.